The van der Waals surface area contributed by atoms with Crippen LogP contribution in [0.15, 0.2) is 66.7 Å². The van der Waals surface area contributed by atoms with Crippen molar-refractivity contribution in [1.29, 1.82) is 0 Å². The van der Waals surface area contributed by atoms with Gasteiger partial charge in [0.2, 0.25) is 11.9 Å². The van der Waals surface area contributed by atoms with E-state index in [4.69, 9.17) is 0 Å². The van der Waals surface area contributed by atoms with Gasteiger partial charge in [0.05, 0.1) is 11.4 Å². The fraction of sp³-hybridized carbons (Fsp3) is 0.150. The lowest BCUT2D eigenvalue weighted by Gasteiger charge is -2.09. The van der Waals surface area contributed by atoms with Crippen LogP contribution in [0.25, 0.3) is 22.5 Å². The lowest BCUT2D eigenvalue weighted by Crippen LogP contribution is -2.13. The molecule has 0 bridgehead atoms. The van der Waals surface area contributed by atoms with Gasteiger partial charge >= 0.3 is 0 Å². The first-order valence-electron chi connectivity index (χ1n) is 8.06. The Hall–Kier alpha value is -3.01. The summed E-state index contributed by atoms with van der Waals surface area (Å²) in [5.74, 6) is 0.273. The molecule has 1 N–H and O–H groups in total. The van der Waals surface area contributed by atoms with Crippen LogP contribution < -0.4 is 5.32 Å². The molecule has 24 heavy (non-hydrogen) atoms. The predicted molar refractivity (Wildman–Crippen MR) is 96.4 cm³/mol. The number of nitrogens with one attached hydrogen (secondary N) is 1. The summed E-state index contributed by atoms with van der Waals surface area (Å²) in [7, 11) is 0. The van der Waals surface area contributed by atoms with Gasteiger partial charge in [-0.25, -0.2) is 9.97 Å². The molecule has 1 aromatic heterocycles. The lowest BCUT2D eigenvalue weighted by atomic mass is 10.1. The molecule has 1 heterocycles. The molecule has 0 aliphatic carbocycles. The molecule has 0 aliphatic heterocycles. The number of benzene rings is 2. The van der Waals surface area contributed by atoms with Crippen molar-refractivity contribution in [3.8, 4) is 22.5 Å². The van der Waals surface area contributed by atoms with Gasteiger partial charge in [-0.05, 0) is 12.5 Å². The normalized spacial score (nSPS) is 10.4. The van der Waals surface area contributed by atoms with Crippen molar-refractivity contribution in [2.24, 2.45) is 0 Å². The summed E-state index contributed by atoms with van der Waals surface area (Å²) in [6.07, 6.45) is 1.25. The van der Waals surface area contributed by atoms with E-state index in [1.165, 1.54) is 0 Å². The summed E-state index contributed by atoms with van der Waals surface area (Å²) < 4.78 is 0. The Morgan fingerprint density at radius 3 is 1.83 bits per heavy atom. The number of hydrogen-bond acceptors (Lipinski definition) is 3. The van der Waals surface area contributed by atoms with Crippen LogP contribution in [-0.2, 0) is 4.79 Å². The van der Waals surface area contributed by atoms with Gasteiger partial charge in [0.15, 0.2) is 0 Å². The number of carbonyl (C=O) groups excluding carboxylic acids is 1. The molecule has 0 aliphatic rings. The van der Waals surface area contributed by atoms with Crippen molar-refractivity contribution in [3.05, 3.63) is 66.7 Å². The van der Waals surface area contributed by atoms with E-state index in [1.807, 2.05) is 73.7 Å². The fourth-order valence-corrected chi connectivity index (χ4v) is 2.43. The van der Waals surface area contributed by atoms with Crippen LogP contribution in [-0.4, -0.2) is 15.9 Å². The molecule has 0 unspecified atom stereocenters. The lowest BCUT2D eigenvalue weighted by molar-refractivity contribution is -0.116. The number of nitrogens with zero attached hydrogens (tertiary/aromatic N) is 2. The number of hydrogen-bond donors (Lipinski definition) is 1. The van der Waals surface area contributed by atoms with Gasteiger partial charge in [-0.15, -0.1) is 0 Å². The Bertz CT molecular complexity index is 759. The first kappa shape index (κ1) is 15.9. The third kappa shape index (κ3) is 3.84. The maximum absolute atomic E-state index is 11.9. The first-order valence-corrected chi connectivity index (χ1v) is 8.06. The number of carbonyl (C=O) groups is 1. The van der Waals surface area contributed by atoms with Crippen LogP contribution in [0.5, 0.6) is 0 Å². The summed E-state index contributed by atoms with van der Waals surface area (Å²) in [6.45, 7) is 1.97. The topological polar surface area (TPSA) is 54.9 Å². The zero-order valence-electron chi connectivity index (χ0n) is 13.6. The van der Waals surface area contributed by atoms with Crippen molar-refractivity contribution in [3.63, 3.8) is 0 Å². The zero-order valence-corrected chi connectivity index (χ0v) is 13.6. The maximum atomic E-state index is 11.9. The highest BCUT2D eigenvalue weighted by Gasteiger charge is 2.10. The molecule has 0 atom stereocenters. The van der Waals surface area contributed by atoms with Crippen molar-refractivity contribution in [1.82, 2.24) is 9.97 Å². The summed E-state index contributed by atoms with van der Waals surface area (Å²) in [5.41, 5.74) is 3.55. The Labute approximate surface area is 141 Å². The van der Waals surface area contributed by atoms with E-state index in [9.17, 15) is 4.79 Å². The number of rotatable bonds is 5. The summed E-state index contributed by atoms with van der Waals surface area (Å²) in [6, 6.07) is 21.7. The molecule has 0 saturated carbocycles. The molecule has 0 spiro atoms. The molecule has 120 valence electrons. The molecule has 0 fully saturated rings. The molecule has 3 rings (SSSR count). The summed E-state index contributed by atoms with van der Waals surface area (Å²) >= 11 is 0. The highest BCUT2D eigenvalue weighted by molar-refractivity contribution is 5.89. The third-order valence-corrected chi connectivity index (χ3v) is 3.59. The van der Waals surface area contributed by atoms with Gasteiger partial charge in [0.1, 0.15) is 0 Å². The molecular weight excluding hydrogens is 298 g/mol. The van der Waals surface area contributed by atoms with Crippen LogP contribution in [0.2, 0.25) is 0 Å². The first-order chi connectivity index (χ1) is 11.8. The van der Waals surface area contributed by atoms with Crippen molar-refractivity contribution >= 4 is 11.9 Å². The second-order valence-electron chi connectivity index (χ2n) is 5.49. The number of aromatic nitrogens is 2. The van der Waals surface area contributed by atoms with Crippen LogP contribution >= 0.6 is 0 Å². The molecule has 1 amide bonds. The van der Waals surface area contributed by atoms with Crippen molar-refractivity contribution in [2.45, 2.75) is 19.8 Å². The van der Waals surface area contributed by atoms with Gasteiger partial charge in [0, 0.05) is 17.5 Å². The third-order valence-electron chi connectivity index (χ3n) is 3.59. The number of anilines is 1. The summed E-state index contributed by atoms with van der Waals surface area (Å²) in [4.78, 5) is 20.9. The van der Waals surface area contributed by atoms with Gasteiger partial charge in [0.25, 0.3) is 0 Å². The van der Waals surface area contributed by atoms with Gasteiger partial charge < -0.3 is 0 Å². The van der Waals surface area contributed by atoms with E-state index in [1.54, 1.807) is 0 Å². The maximum Gasteiger partial charge on any atom is 0.230 e. The minimum atomic E-state index is -0.0678. The molecule has 2 aromatic carbocycles. The van der Waals surface area contributed by atoms with E-state index < -0.39 is 0 Å². The second-order valence-corrected chi connectivity index (χ2v) is 5.49. The Balaban J connectivity index is 2.04. The summed E-state index contributed by atoms with van der Waals surface area (Å²) in [5, 5.41) is 2.80. The average Bonchev–Trinajstić information content (AvgIpc) is 2.63. The zero-order chi connectivity index (χ0) is 16.8. The van der Waals surface area contributed by atoms with Crippen molar-refractivity contribution in [2.75, 3.05) is 5.32 Å². The minimum Gasteiger partial charge on any atom is -0.294 e. The Morgan fingerprint density at radius 2 is 1.38 bits per heavy atom. The van der Waals surface area contributed by atoms with E-state index >= 15 is 0 Å². The van der Waals surface area contributed by atoms with Crippen LogP contribution in [0, 0.1) is 0 Å². The van der Waals surface area contributed by atoms with Crippen LogP contribution in [0.1, 0.15) is 19.8 Å². The van der Waals surface area contributed by atoms with Gasteiger partial charge in [-0.2, -0.15) is 0 Å². The molecule has 0 saturated heterocycles. The van der Waals surface area contributed by atoms with Crippen LogP contribution in [0.4, 0.5) is 5.95 Å². The average molecular weight is 317 g/mol. The fourth-order valence-electron chi connectivity index (χ4n) is 2.43. The standard InChI is InChI=1S/C20H19N3O/c1-2-9-19(24)23-20-21-17(15-10-5-3-6-11-15)14-18(22-20)16-12-7-4-8-13-16/h3-8,10-14H,2,9H2,1H3,(H,21,22,23,24). The monoisotopic (exact) mass is 317 g/mol. The smallest absolute Gasteiger partial charge is 0.230 e. The Kier molecular flexibility index (Phi) is 4.96. The quantitative estimate of drug-likeness (QED) is 0.751. The highest BCUT2D eigenvalue weighted by atomic mass is 16.1. The largest absolute Gasteiger partial charge is 0.294 e. The second kappa shape index (κ2) is 7.51. The van der Waals surface area contributed by atoms with E-state index in [-0.39, 0.29) is 5.91 Å². The molecule has 4 nitrogen and oxygen atoms in total. The van der Waals surface area contributed by atoms with Crippen molar-refractivity contribution < 1.29 is 4.79 Å². The highest BCUT2D eigenvalue weighted by Crippen LogP contribution is 2.25. The Morgan fingerprint density at radius 1 is 0.875 bits per heavy atom. The molecular formula is C20H19N3O. The van der Waals surface area contributed by atoms with Gasteiger partial charge in [-0.1, -0.05) is 67.6 Å². The van der Waals surface area contributed by atoms with E-state index in [0.29, 0.717) is 12.4 Å². The number of amides is 1. The molecule has 4 heteroatoms. The predicted octanol–water partition coefficient (Wildman–Crippen LogP) is 4.55. The van der Waals surface area contributed by atoms with Crippen LogP contribution in [0.3, 0.4) is 0 Å². The van der Waals surface area contributed by atoms with E-state index in [0.717, 1.165) is 28.9 Å². The van der Waals surface area contributed by atoms with E-state index in [2.05, 4.69) is 15.3 Å². The van der Waals surface area contributed by atoms with Gasteiger partial charge in [-0.3, -0.25) is 10.1 Å². The minimum absolute atomic E-state index is 0.0678. The molecule has 0 radical (unpaired) electrons. The SMILES string of the molecule is CCCC(=O)Nc1nc(-c2ccccc2)cc(-c2ccccc2)n1. The molecule has 3 aromatic rings.